The predicted octanol–water partition coefficient (Wildman–Crippen LogP) is 1.27. The van der Waals surface area contributed by atoms with E-state index in [1.807, 2.05) is 0 Å². The van der Waals surface area contributed by atoms with Crippen molar-refractivity contribution in [3.8, 4) is 0 Å². The molecule has 3 rings (SSSR count). The fraction of sp³-hybridized carbons (Fsp3) is 0. The third-order valence-electron chi connectivity index (χ3n) is 3.48. The molecule has 8 heteroatoms. The Bertz CT molecular complexity index is 900. The van der Waals surface area contributed by atoms with Crippen molar-refractivity contribution in [3.05, 3.63) is 71.3 Å². The number of pyridine rings is 1. The van der Waals surface area contributed by atoms with E-state index in [9.17, 15) is 28.0 Å². The molecule has 0 bridgehead atoms. The standard InChI is InChI=1S/C15H9BF3NO3/c17-10-6-8(7-11(18)14(10)19)15(21)13-4-3-12-9(16(22)23)2-1-5-20(12)13/h1-7,22-23H. The lowest BCUT2D eigenvalue weighted by atomic mass is 9.80. The van der Waals surface area contributed by atoms with Crippen LogP contribution in [0, 0.1) is 17.5 Å². The highest BCUT2D eigenvalue weighted by molar-refractivity contribution is 6.61. The lowest BCUT2D eigenvalue weighted by Gasteiger charge is -2.07. The van der Waals surface area contributed by atoms with Gasteiger partial charge < -0.3 is 14.4 Å². The van der Waals surface area contributed by atoms with Gasteiger partial charge in [-0.3, -0.25) is 4.79 Å². The van der Waals surface area contributed by atoms with Gasteiger partial charge in [0.15, 0.2) is 17.5 Å². The van der Waals surface area contributed by atoms with E-state index < -0.39 is 30.4 Å². The van der Waals surface area contributed by atoms with E-state index in [1.165, 1.54) is 34.9 Å². The summed E-state index contributed by atoms with van der Waals surface area (Å²) < 4.78 is 40.9. The smallest absolute Gasteiger partial charge is 0.423 e. The van der Waals surface area contributed by atoms with Gasteiger partial charge in [-0.05, 0) is 30.3 Å². The maximum absolute atomic E-state index is 13.3. The molecule has 0 fully saturated rings. The first-order valence-electron chi connectivity index (χ1n) is 6.55. The topological polar surface area (TPSA) is 61.9 Å². The number of hydrogen-bond donors (Lipinski definition) is 2. The summed E-state index contributed by atoms with van der Waals surface area (Å²) in [5.41, 5.74) is 0.223. The Balaban J connectivity index is 2.14. The van der Waals surface area contributed by atoms with Crippen molar-refractivity contribution in [1.29, 1.82) is 0 Å². The number of benzene rings is 1. The molecule has 0 saturated heterocycles. The van der Waals surface area contributed by atoms with E-state index in [4.69, 9.17) is 0 Å². The largest absolute Gasteiger partial charge is 0.490 e. The Morgan fingerprint density at radius 1 is 1.04 bits per heavy atom. The molecule has 0 aliphatic carbocycles. The van der Waals surface area contributed by atoms with E-state index in [2.05, 4.69) is 0 Å². The number of rotatable bonds is 3. The molecule has 2 N–H and O–H groups in total. The van der Waals surface area contributed by atoms with Crippen molar-refractivity contribution in [2.75, 3.05) is 0 Å². The molecule has 0 aliphatic heterocycles. The SMILES string of the molecule is O=C(c1cc(F)c(F)c(F)c1)c1ccc2c(B(O)O)cccn12. The van der Waals surface area contributed by atoms with Crippen molar-refractivity contribution >= 4 is 23.9 Å². The van der Waals surface area contributed by atoms with Crippen molar-refractivity contribution < 1.29 is 28.0 Å². The summed E-state index contributed by atoms with van der Waals surface area (Å²) in [4.78, 5) is 12.4. The van der Waals surface area contributed by atoms with Gasteiger partial charge in [0.2, 0.25) is 5.78 Å². The number of carbonyl (C=O) groups is 1. The molecule has 0 spiro atoms. The van der Waals surface area contributed by atoms with Gasteiger partial charge >= 0.3 is 7.12 Å². The van der Waals surface area contributed by atoms with Gasteiger partial charge in [0.05, 0.1) is 5.69 Å². The number of hydrogen-bond acceptors (Lipinski definition) is 3. The fourth-order valence-corrected chi connectivity index (χ4v) is 2.40. The van der Waals surface area contributed by atoms with Crippen LogP contribution in [0.25, 0.3) is 5.52 Å². The second-order valence-corrected chi connectivity index (χ2v) is 4.89. The van der Waals surface area contributed by atoms with E-state index in [-0.39, 0.29) is 16.7 Å². The van der Waals surface area contributed by atoms with Crippen LogP contribution in [0.3, 0.4) is 0 Å². The van der Waals surface area contributed by atoms with Crippen LogP contribution in [0.15, 0.2) is 42.6 Å². The minimum atomic E-state index is -1.74. The Labute approximate surface area is 128 Å². The number of aromatic nitrogens is 1. The summed E-state index contributed by atoms with van der Waals surface area (Å²) in [6, 6.07) is 7.03. The molecular weight excluding hydrogens is 310 g/mol. The molecule has 0 radical (unpaired) electrons. The van der Waals surface area contributed by atoms with Gasteiger partial charge in [0.25, 0.3) is 0 Å². The van der Waals surface area contributed by atoms with E-state index in [0.29, 0.717) is 17.6 Å². The number of fused-ring (bicyclic) bond motifs is 1. The van der Waals surface area contributed by atoms with Crippen LogP contribution in [0.2, 0.25) is 0 Å². The highest BCUT2D eigenvalue weighted by Crippen LogP contribution is 2.18. The Hall–Kier alpha value is -2.58. The summed E-state index contributed by atoms with van der Waals surface area (Å²) in [6.45, 7) is 0. The molecule has 2 heterocycles. The summed E-state index contributed by atoms with van der Waals surface area (Å²) in [6.07, 6.45) is 1.49. The fourth-order valence-electron chi connectivity index (χ4n) is 2.40. The van der Waals surface area contributed by atoms with Crippen LogP contribution in [0.4, 0.5) is 13.2 Å². The maximum atomic E-state index is 13.3. The van der Waals surface area contributed by atoms with Gasteiger partial charge in [0.1, 0.15) is 0 Å². The highest BCUT2D eigenvalue weighted by atomic mass is 19.2. The average molecular weight is 319 g/mol. The van der Waals surface area contributed by atoms with Crippen LogP contribution >= 0.6 is 0 Å². The van der Waals surface area contributed by atoms with Crippen LogP contribution in [-0.4, -0.2) is 27.4 Å². The van der Waals surface area contributed by atoms with Crippen molar-refractivity contribution in [3.63, 3.8) is 0 Å². The molecule has 0 atom stereocenters. The zero-order valence-electron chi connectivity index (χ0n) is 11.5. The molecule has 0 aliphatic rings. The predicted molar refractivity (Wildman–Crippen MR) is 77.0 cm³/mol. The van der Waals surface area contributed by atoms with Crippen molar-refractivity contribution in [2.24, 2.45) is 0 Å². The van der Waals surface area contributed by atoms with Gasteiger partial charge in [-0.1, -0.05) is 6.07 Å². The summed E-state index contributed by atoms with van der Waals surface area (Å²) >= 11 is 0. The van der Waals surface area contributed by atoms with Crippen LogP contribution in [0.5, 0.6) is 0 Å². The zero-order valence-corrected chi connectivity index (χ0v) is 11.5. The summed E-state index contributed by atoms with van der Waals surface area (Å²) in [7, 11) is -1.74. The minimum absolute atomic E-state index is 0.0490. The average Bonchev–Trinajstić information content (AvgIpc) is 2.95. The lowest BCUT2D eigenvalue weighted by molar-refractivity contribution is 0.103. The zero-order chi connectivity index (χ0) is 16.7. The first-order chi connectivity index (χ1) is 10.9. The van der Waals surface area contributed by atoms with E-state index in [1.54, 1.807) is 0 Å². The molecular formula is C15H9BF3NO3. The maximum Gasteiger partial charge on any atom is 0.490 e. The van der Waals surface area contributed by atoms with Gasteiger partial charge in [-0.2, -0.15) is 0 Å². The molecule has 23 heavy (non-hydrogen) atoms. The summed E-state index contributed by atoms with van der Waals surface area (Å²) in [5, 5.41) is 18.6. The quantitative estimate of drug-likeness (QED) is 0.434. The molecule has 2 aromatic heterocycles. The van der Waals surface area contributed by atoms with Crippen LogP contribution < -0.4 is 5.46 Å². The van der Waals surface area contributed by atoms with Gasteiger partial charge in [-0.15, -0.1) is 0 Å². The Morgan fingerprint density at radius 2 is 1.70 bits per heavy atom. The first kappa shape index (κ1) is 15.3. The Kier molecular flexibility index (Phi) is 3.71. The molecule has 1 aromatic carbocycles. The highest BCUT2D eigenvalue weighted by Gasteiger charge is 2.21. The molecule has 3 aromatic rings. The second-order valence-electron chi connectivity index (χ2n) is 4.89. The Morgan fingerprint density at radius 3 is 2.30 bits per heavy atom. The van der Waals surface area contributed by atoms with Crippen LogP contribution in [-0.2, 0) is 0 Å². The van der Waals surface area contributed by atoms with Crippen molar-refractivity contribution in [1.82, 2.24) is 4.40 Å². The number of nitrogens with zero attached hydrogens (tertiary/aromatic N) is 1. The van der Waals surface area contributed by atoms with Gasteiger partial charge in [-0.25, -0.2) is 13.2 Å². The number of ketones is 1. The normalized spacial score (nSPS) is 11.0. The first-order valence-corrected chi connectivity index (χ1v) is 6.55. The van der Waals surface area contributed by atoms with Crippen LogP contribution in [0.1, 0.15) is 16.1 Å². The molecule has 116 valence electrons. The second kappa shape index (κ2) is 5.56. The molecule has 0 unspecified atom stereocenters. The number of halogens is 3. The third-order valence-corrected chi connectivity index (χ3v) is 3.48. The minimum Gasteiger partial charge on any atom is -0.423 e. The molecule has 4 nitrogen and oxygen atoms in total. The van der Waals surface area contributed by atoms with E-state index >= 15 is 0 Å². The monoisotopic (exact) mass is 319 g/mol. The number of carbonyl (C=O) groups excluding carboxylic acids is 1. The summed E-state index contributed by atoms with van der Waals surface area (Å²) in [5.74, 6) is -5.29. The van der Waals surface area contributed by atoms with Gasteiger partial charge in [0, 0.05) is 22.7 Å². The van der Waals surface area contributed by atoms with E-state index in [0.717, 1.165) is 0 Å². The molecule has 0 amide bonds. The lowest BCUT2D eigenvalue weighted by Crippen LogP contribution is -2.31. The molecule has 0 saturated carbocycles. The third kappa shape index (κ3) is 2.52. The van der Waals surface area contributed by atoms with Crippen molar-refractivity contribution in [2.45, 2.75) is 0 Å².